The second-order valence-electron chi connectivity index (χ2n) is 5.26. The summed E-state index contributed by atoms with van der Waals surface area (Å²) < 4.78 is 0.938. The van der Waals surface area contributed by atoms with Crippen LogP contribution in [-0.2, 0) is 4.79 Å². The maximum absolute atomic E-state index is 11.9. The summed E-state index contributed by atoms with van der Waals surface area (Å²) in [6.45, 7) is 2.26. The molecular weight excluding hydrogens is 306 g/mol. The van der Waals surface area contributed by atoms with Gasteiger partial charge in [-0.3, -0.25) is 9.59 Å². The van der Waals surface area contributed by atoms with E-state index in [0.717, 1.165) is 23.7 Å². The van der Waals surface area contributed by atoms with Crippen molar-refractivity contribution in [2.45, 2.75) is 26.2 Å². The van der Waals surface area contributed by atoms with E-state index < -0.39 is 0 Å². The van der Waals surface area contributed by atoms with Gasteiger partial charge in [0, 0.05) is 16.0 Å². The molecule has 1 aliphatic carbocycles. The fourth-order valence-electron chi connectivity index (χ4n) is 2.49. The molecule has 0 saturated heterocycles. The van der Waals surface area contributed by atoms with Crippen molar-refractivity contribution in [2.24, 2.45) is 11.8 Å². The Kier molecular flexibility index (Phi) is 4.75. The summed E-state index contributed by atoms with van der Waals surface area (Å²) in [5, 5.41) is 2.76. The minimum absolute atomic E-state index is 0.0230. The highest BCUT2D eigenvalue weighted by Gasteiger charge is 2.27. The van der Waals surface area contributed by atoms with Crippen LogP contribution in [0.25, 0.3) is 0 Å². The molecule has 0 unspecified atom stereocenters. The molecule has 1 N–H and O–H groups in total. The monoisotopic (exact) mass is 323 g/mol. The topological polar surface area (TPSA) is 46.2 Å². The maximum Gasteiger partial charge on any atom is 0.223 e. The summed E-state index contributed by atoms with van der Waals surface area (Å²) in [5.74, 6) is 0.687. The van der Waals surface area contributed by atoms with Gasteiger partial charge in [0.05, 0.1) is 6.54 Å². The lowest BCUT2D eigenvalue weighted by Gasteiger charge is -2.10. The third-order valence-electron chi connectivity index (χ3n) is 3.65. The number of nitrogens with one attached hydrogen (secondary N) is 1. The van der Waals surface area contributed by atoms with E-state index in [0.29, 0.717) is 11.5 Å². The normalized spacial score (nSPS) is 22.2. The first-order valence-corrected chi connectivity index (χ1v) is 7.42. The van der Waals surface area contributed by atoms with Crippen LogP contribution in [0.15, 0.2) is 28.7 Å². The number of amides is 1. The van der Waals surface area contributed by atoms with E-state index in [4.69, 9.17) is 0 Å². The number of halogens is 1. The van der Waals surface area contributed by atoms with E-state index in [2.05, 4.69) is 28.2 Å². The van der Waals surface area contributed by atoms with Gasteiger partial charge in [-0.25, -0.2) is 0 Å². The maximum atomic E-state index is 11.9. The van der Waals surface area contributed by atoms with Gasteiger partial charge in [0.2, 0.25) is 5.91 Å². The lowest BCUT2D eigenvalue weighted by molar-refractivity contribution is -0.124. The number of carbonyl (C=O) groups is 2. The molecule has 0 bridgehead atoms. The second kappa shape index (κ2) is 6.33. The van der Waals surface area contributed by atoms with E-state index in [1.165, 1.54) is 0 Å². The SMILES string of the molecule is C[C@H]1CC[C@@H](C(=O)NCC(=O)c2ccc(Br)cc2)C1. The van der Waals surface area contributed by atoms with Gasteiger partial charge in [0.1, 0.15) is 0 Å². The molecule has 0 aliphatic heterocycles. The molecule has 4 heteroatoms. The van der Waals surface area contributed by atoms with Crippen LogP contribution >= 0.6 is 15.9 Å². The molecule has 1 aromatic rings. The molecular formula is C15H18BrNO2. The third kappa shape index (κ3) is 3.90. The number of hydrogen-bond donors (Lipinski definition) is 1. The molecule has 0 aromatic heterocycles. The first-order chi connectivity index (χ1) is 9.06. The Bertz CT molecular complexity index is 470. The average molecular weight is 324 g/mol. The molecule has 1 fully saturated rings. The Labute approximate surface area is 121 Å². The Morgan fingerprint density at radius 3 is 2.53 bits per heavy atom. The van der Waals surface area contributed by atoms with Crippen LogP contribution in [-0.4, -0.2) is 18.2 Å². The summed E-state index contributed by atoms with van der Waals surface area (Å²) in [7, 11) is 0. The molecule has 19 heavy (non-hydrogen) atoms. The summed E-state index contributed by atoms with van der Waals surface area (Å²) in [6.07, 6.45) is 3.00. The Morgan fingerprint density at radius 2 is 1.95 bits per heavy atom. The third-order valence-corrected chi connectivity index (χ3v) is 4.18. The number of ketones is 1. The van der Waals surface area contributed by atoms with E-state index >= 15 is 0 Å². The van der Waals surface area contributed by atoms with Crippen LogP contribution in [0.1, 0.15) is 36.5 Å². The van der Waals surface area contributed by atoms with Gasteiger partial charge < -0.3 is 5.32 Å². The molecule has 1 aliphatic rings. The standard InChI is InChI=1S/C15H18BrNO2/c1-10-2-3-12(8-10)15(19)17-9-14(18)11-4-6-13(16)7-5-11/h4-7,10,12H,2-3,8-9H2,1H3,(H,17,19)/t10-,12+/m0/s1. The number of Topliss-reactive ketones (excluding diaryl/α,β-unsaturated/α-hetero) is 1. The fourth-order valence-corrected chi connectivity index (χ4v) is 2.76. The molecule has 1 amide bonds. The van der Waals surface area contributed by atoms with Crippen LogP contribution in [0.3, 0.4) is 0 Å². The largest absolute Gasteiger partial charge is 0.348 e. The summed E-state index contributed by atoms with van der Waals surface area (Å²) in [5.41, 5.74) is 0.628. The van der Waals surface area contributed by atoms with Crippen molar-refractivity contribution in [1.29, 1.82) is 0 Å². The first kappa shape index (κ1) is 14.3. The van der Waals surface area contributed by atoms with Crippen molar-refractivity contribution in [2.75, 3.05) is 6.54 Å². The fraction of sp³-hybridized carbons (Fsp3) is 0.467. The van der Waals surface area contributed by atoms with Crippen molar-refractivity contribution in [3.8, 4) is 0 Å². The highest BCUT2D eigenvalue weighted by molar-refractivity contribution is 9.10. The average Bonchev–Trinajstić information content (AvgIpc) is 2.83. The Morgan fingerprint density at radius 1 is 1.26 bits per heavy atom. The van der Waals surface area contributed by atoms with E-state index in [9.17, 15) is 9.59 Å². The second-order valence-corrected chi connectivity index (χ2v) is 6.18. The molecule has 3 nitrogen and oxygen atoms in total. The van der Waals surface area contributed by atoms with E-state index in [1.54, 1.807) is 12.1 Å². The zero-order valence-electron chi connectivity index (χ0n) is 11.0. The summed E-state index contributed by atoms with van der Waals surface area (Å²) >= 11 is 3.33. The van der Waals surface area contributed by atoms with Crippen LogP contribution in [0.5, 0.6) is 0 Å². The van der Waals surface area contributed by atoms with Crippen LogP contribution < -0.4 is 5.32 Å². The van der Waals surface area contributed by atoms with Gasteiger partial charge in [0.15, 0.2) is 5.78 Å². The van der Waals surface area contributed by atoms with Crippen LogP contribution in [0.4, 0.5) is 0 Å². The zero-order valence-corrected chi connectivity index (χ0v) is 12.6. The highest BCUT2D eigenvalue weighted by Crippen LogP contribution is 2.30. The predicted octanol–water partition coefficient (Wildman–Crippen LogP) is 3.18. The number of rotatable bonds is 4. The van der Waals surface area contributed by atoms with Gasteiger partial charge in [0.25, 0.3) is 0 Å². The molecule has 2 rings (SSSR count). The van der Waals surface area contributed by atoms with E-state index in [1.807, 2.05) is 12.1 Å². The smallest absolute Gasteiger partial charge is 0.223 e. The molecule has 102 valence electrons. The molecule has 0 spiro atoms. The van der Waals surface area contributed by atoms with Gasteiger partial charge >= 0.3 is 0 Å². The number of carbonyl (C=O) groups excluding carboxylic acids is 2. The quantitative estimate of drug-likeness (QED) is 0.865. The van der Waals surface area contributed by atoms with Crippen LogP contribution in [0, 0.1) is 11.8 Å². The van der Waals surface area contributed by atoms with Crippen molar-refractivity contribution in [3.63, 3.8) is 0 Å². The van der Waals surface area contributed by atoms with E-state index in [-0.39, 0.29) is 24.2 Å². The predicted molar refractivity (Wildman–Crippen MR) is 78.0 cm³/mol. The zero-order chi connectivity index (χ0) is 13.8. The summed E-state index contributed by atoms with van der Waals surface area (Å²) in [6, 6.07) is 7.17. The van der Waals surface area contributed by atoms with Gasteiger partial charge in [-0.15, -0.1) is 0 Å². The molecule has 2 atom stereocenters. The van der Waals surface area contributed by atoms with Crippen molar-refractivity contribution >= 4 is 27.6 Å². The van der Waals surface area contributed by atoms with Crippen molar-refractivity contribution < 1.29 is 9.59 Å². The molecule has 1 saturated carbocycles. The van der Waals surface area contributed by atoms with Crippen LogP contribution in [0.2, 0.25) is 0 Å². The minimum Gasteiger partial charge on any atom is -0.348 e. The van der Waals surface area contributed by atoms with Gasteiger partial charge in [-0.1, -0.05) is 35.0 Å². The lowest BCUT2D eigenvalue weighted by Crippen LogP contribution is -2.33. The molecule has 0 heterocycles. The van der Waals surface area contributed by atoms with Gasteiger partial charge in [-0.05, 0) is 37.3 Å². The Hall–Kier alpha value is -1.16. The lowest BCUT2D eigenvalue weighted by atomic mass is 10.1. The Balaban J connectivity index is 1.83. The first-order valence-electron chi connectivity index (χ1n) is 6.62. The van der Waals surface area contributed by atoms with Crippen molar-refractivity contribution in [3.05, 3.63) is 34.3 Å². The van der Waals surface area contributed by atoms with Crippen molar-refractivity contribution in [1.82, 2.24) is 5.32 Å². The molecule has 0 radical (unpaired) electrons. The minimum atomic E-state index is -0.0492. The summed E-state index contributed by atoms with van der Waals surface area (Å²) in [4.78, 5) is 23.8. The number of benzene rings is 1. The number of hydrogen-bond acceptors (Lipinski definition) is 2. The highest BCUT2D eigenvalue weighted by atomic mass is 79.9. The van der Waals surface area contributed by atoms with Gasteiger partial charge in [-0.2, -0.15) is 0 Å². The molecule has 1 aromatic carbocycles.